The normalized spacial score (nSPS) is 12.8. The predicted molar refractivity (Wildman–Crippen MR) is 83.1 cm³/mol. The highest BCUT2D eigenvalue weighted by Crippen LogP contribution is 2.32. The largest absolute Gasteiger partial charge is 0.454 e. The maximum atomic E-state index is 12.7. The van der Waals surface area contributed by atoms with Gasteiger partial charge < -0.3 is 20.1 Å². The summed E-state index contributed by atoms with van der Waals surface area (Å²) in [6.07, 6.45) is -4.41. The van der Waals surface area contributed by atoms with Gasteiger partial charge in [0.2, 0.25) is 6.79 Å². The lowest BCUT2D eigenvalue weighted by atomic mass is 10.1. The fraction of sp³-hybridized carbons (Fsp3) is 0.235. The summed E-state index contributed by atoms with van der Waals surface area (Å²) in [4.78, 5) is 11.8. The molecule has 1 aliphatic rings. The van der Waals surface area contributed by atoms with Gasteiger partial charge in [-0.1, -0.05) is 18.2 Å². The van der Waals surface area contributed by atoms with Crippen molar-refractivity contribution in [3.05, 3.63) is 59.2 Å². The molecule has 0 fully saturated rings. The zero-order valence-electron chi connectivity index (χ0n) is 13.0. The van der Waals surface area contributed by atoms with Gasteiger partial charge in [0.25, 0.3) is 0 Å². The van der Waals surface area contributed by atoms with Crippen molar-refractivity contribution < 1.29 is 27.4 Å². The molecular formula is C17H15F3N2O3. The van der Waals surface area contributed by atoms with E-state index >= 15 is 0 Å². The molecule has 2 aromatic rings. The van der Waals surface area contributed by atoms with E-state index in [4.69, 9.17) is 9.47 Å². The molecule has 0 bridgehead atoms. The monoisotopic (exact) mass is 352 g/mol. The zero-order chi connectivity index (χ0) is 17.9. The second kappa shape index (κ2) is 6.92. The van der Waals surface area contributed by atoms with Crippen molar-refractivity contribution >= 4 is 6.03 Å². The number of carbonyl (C=O) groups is 1. The first-order valence-electron chi connectivity index (χ1n) is 7.48. The van der Waals surface area contributed by atoms with Crippen molar-refractivity contribution in [2.45, 2.75) is 19.3 Å². The third-order valence-corrected chi connectivity index (χ3v) is 3.60. The summed E-state index contributed by atoms with van der Waals surface area (Å²) < 4.78 is 48.4. The van der Waals surface area contributed by atoms with Crippen LogP contribution in [0.2, 0.25) is 0 Å². The van der Waals surface area contributed by atoms with Crippen molar-refractivity contribution in [2.75, 3.05) is 6.79 Å². The number of rotatable bonds is 4. The number of alkyl halides is 3. The van der Waals surface area contributed by atoms with Crippen LogP contribution < -0.4 is 20.1 Å². The number of halogens is 3. The number of ether oxygens (including phenoxy) is 2. The van der Waals surface area contributed by atoms with Gasteiger partial charge in [-0.25, -0.2) is 4.79 Å². The Labute approximate surface area is 141 Å². The lowest BCUT2D eigenvalue weighted by Crippen LogP contribution is -2.34. The highest BCUT2D eigenvalue weighted by Gasteiger charge is 2.30. The average Bonchev–Trinajstić information content (AvgIpc) is 3.05. The highest BCUT2D eigenvalue weighted by molar-refractivity contribution is 5.73. The van der Waals surface area contributed by atoms with E-state index < -0.39 is 17.8 Å². The summed E-state index contributed by atoms with van der Waals surface area (Å²) in [5.41, 5.74) is 0.444. The van der Waals surface area contributed by atoms with E-state index in [1.807, 2.05) is 0 Å². The molecule has 0 atom stereocenters. The first kappa shape index (κ1) is 16.9. The molecule has 0 aromatic heterocycles. The van der Waals surface area contributed by atoms with Gasteiger partial charge in [0, 0.05) is 13.1 Å². The molecule has 25 heavy (non-hydrogen) atoms. The van der Waals surface area contributed by atoms with Crippen LogP contribution in [0.25, 0.3) is 0 Å². The molecule has 5 nitrogen and oxygen atoms in total. The van der Waals surface area contributed by atoms with Gasteiger partial charge in [0.1, 0.15) is 0 Å². The second-order valence-electron chi connectivity index (χ2n) is 5.42. The second-order valence-corrected chi connectivity index (χ2v) is 5.42. The number of amides is 2. The van der Waals surface area contributed by atoms with Crippen molar-refractivity contribution in [3.8, 4) is 11.5 Å². The summed E-state index contributed by atoms with van der Waals surface area (Å²) in [6.45, 7) is 0.422. The molecule has 2 amide bonds. The summed E-state index contributed by atoms with van der Waals surface area (Å²) in [7, 11) is 0. The van der Waals surface area contributed by atoms with Gasteiger partial charge in [-0.05, 0) is 35.4 Å². The number of carbonyl (C=O) groups excluding carboxylic acids is 1. The Hall–Kier alpha value is -2.90. The van der Waals surface area contributed by atoms with Crippen molar-refractivity contribution in [2.24, 2.45) is 0 Å². The van der Waals surface area contributed by atoms with Gasteiger partial charge >= 0.3 is 12.2 Å². The summed E-state index contributed by atoms with van der Waals surface area (Å²) in [5, 5.41) is 5.16. The molecule has 0 saturated heterocycles. The standard InChI is InChI=1S/C17H15F3N2O3/c18-17(19,20)13-3-1-2-11(6-13)8-21-16(23)22-9-12-4-5-14-15(7-12)25-10-24-14/h1-7H,8-10H2,(H2,21,22,23). The van der Waals surface area contributed by atoms with Gasteiger partial charge in [0.15, 0.2) is 11.5 Å². The highest BCUT2D eigenvalue weighted by atomic mass is 19.4. The van der Waals surface area contributed by atoms with E-state index in [-0.39, 0.29) is 19.9 Å². The topological polar surface area (TPSA) is 59.6 Å². The minimum absolute atomic E-state index is 0.00308. The molecule has 0 aliphatic carbocycles. The van der Waals surface area contributed by atoms with E-state index in [1.165, 1.54) is 12.1 Å². The molecule has 2 aromatic carbocycles. The van der Waals surface area contributed by atoms with Crippen molar-refractivity contribution in [3.63, 3.8) is 0 Å². The fourth-order valence-electron chi connectivity index (χ4n) is 2.34. The molecule has 2 N–H and O–H groups in total. The van der Waals surface area contributed by atoms with Crippen LogP contribution in [-0.2, 0) is 19.3 Å². The Morgan fingerprint density at radius 2 is 1.64 bits per heavy atom. The maximum Gasteiger partial charge on any atom is 0.416 e. The van der Waals surface area contributed by atoms with Crippen LogP contribution in [0.5, 0.6) is 11.5 Å². The molecule has 0 saturated carbocycles. The van der Waals surface area contributed by atoms with E-state index in [2.05, 4.69) is 10.6 Å². The summed E-state index contributed by atoms with van der Waals surface area (Å²) in [5.74, 6) is 1.27. The van der Waals surface area contributed by atoms with Crippen LogP contribution in [0, 0.1) is 0 Å². The van der Waals surface area contributed by atoms with E-state index in [9.17, 15) is 18.0 Å². The predicted octanol–water partition coefficient (Wildman–Crippen LogP) is 3.43. The molecule has 0 spiro atoms. The lowest BCUT2D eigenvalue weighted by Gasteiger charge is -2.10. The summed E-state index contributed by atoms with van der Waals surface area (Å²) in [6, 6.07) is 9.66. The third kappa shape index (κ3) is 4.34. The van der Waals surface area contributed by atoms with E-state index in [0.29, 0.717) is 17.1 Å². The first-order chi connectivity index (χ1) is 11.9. The molecule has 8 heteroatoms. The Kier molecular flexibility index (Phi) is 4.69. The van der Waals surface area contributed by atoms with E-state index in [0.717, 1.165) is 17.7 Å². The van der Waals surface area contributed by atoms with Crippen LogP contribution in [0.3, 0.4) is 0 Å². The number of fused-ring (bicyclic) bond motifs is 1. The number of hydrogen-bond donors (Lipinski definition) is 2. The average molecular weight is 352 g/mol. The quantitative estimate of drug-likeness (QED) is 0.886. The minimum atomic E-state index is -4.41. The van der Waals surface area contributed by atoms with Gasteiger partial charge in [-0.3, -0.25) is 0 Å². The number of benzene rings is 2. The molecule has 3 rings (SSSR count). The van der Waals surface area contributed by atoms with Gasteiger partial charge in [0.05, 0.1) is 5.56 Å². The van der Waals surface area contributed by atoms with Crippen LogP contribution in [0.4, 0.5) is 18.0 Å². The molecule has 132 valence electrons. The zero-order valence-corrected chi connectivity index (χ0v) is 13.0. The van der Waals surface area contributed by atoms with Crippen LogP contribution >= 0.6 is 0 Å². The van der Waals surface area contributed by atoms with Crippen molar-refractivity contribution in [1.82, 2.24) is 10.6 Å². The van der Waals surface area contributed by atoms with E-state index in [1.54, 1.807) is 18.2 Å². The van der Waals surface area contributed by atoms with Gasteiger partial charge in [-0.2, -0.15) is 13.2 Å². The Morgan fingerprint density at radius 3 is 2.36 bits per heavy atom. The fourth-order valence-corrected chi connectivity index (χ4v) is 2.34. The molecule has 1 heterocycles. The number of urea groups is 1. The molecular weight excluding hydrogens is 337 g/mol. The number of nitrogens with one attached hydrogen (secondary N) is 2. The molecule has 0 unspecified atom stereocenters. The lowest BCUT2D eigenvalue weighted by molar-refractivity contribution is -0.137. The van der Waals surface area contributed by atoms with Gasteiger partial charge in [-0.15, -0.1) is 0 Å². The molecule has 1 aliphatic heterocycles. The smallest absolute Gasteiger partial charge is 0.416 e. The third-order valence-electron chi connectivity index (χ3n) is 3.60. The van der Waals surface area contributed by atoms with Crippen LogP contribution in [0.1, 0.15) is 16.7 Å². The van der Waals surface area contributed by atoms with Crippen LogP contribution in [-0.4, -0.2) is 12.8 Å². The van der Waals surface area contributed by atoms with Crippen molar-refractivity contribution in [1.29, 1.82) is 0 Å². The Morgan fingerprint density at radius 1 is 0.960 bits per heavy atom. The SMILES string of the molecule is O=C(NCc1cccc(C(F)(F)F)c1)NCc1ccc2c(c1)OCO2. The maximum absolute atomic E-state index is 12.7. The molecule has 0 radical (unpaired) electrons. The minimum Gasteiger partial charge on any atom is -0.454 e. The Balaban J connectivity index is 1.50. The Bertz CT molecular complexity index is 778. The first-order valence-corrected chi connectivity index (χ1v) is 7.48. The summed E-state index contributed by atoms with van der Waals surface area (Å²) >= 11 is 0. The van der Waals surface area contributed by atoms with Crippen LogP contribution in [0.15, 0.2) is 42.5 Å². The number of hydrogen-bond acceptors (Lipinski definition) is 3.